The van der Waals surface area contributed by atoms with E-state index in [-0.39, 0.29) is 5.54 Å². The van der Waals surface area contributed by atoms with Crippen LogP contribution in [-0.2, 0) is 17.7 Å². The Morgan fingerprint density at radius 2 is 1.96 bits per heavy atom. The number of rotatable bonds is 2. The van der Waals surface area contributed by atoms with E-state index in [4.69, 9.17) is 16.6 Å². The summed E-state index contributed by atoms with van der Waals surface area (Å²) in [7, 11) is 0. The normalized spacial score (nSPS) is 25.0. The van der Waals surface area contributed by atoms with Crippen molar-refractivity contribution in [3.63, 3.8) is 0 Å². The molecule has 4 nitrogen and oxygen atoms in total. The van der Waals surface area contributed by atoms with Crippen molar-refractivity contribution in [3.8, 4) is 0 Å². The Kier molecular flexibility index (Phi) is 4.63. The van der Waals surface area contributed by atoms with E-state index in [1.165, 1.54) is 0 Å². The molecule has 1 fully saturated rings. The van der Waals surface area contributed by atoms with Crippen LogP contribution < -0.4 is 10.6 Å². The second kappa shape index (κ2) is 6.90. The molecule has 0 aliphatic carbocycles. The highest BCUT2D eigenvalue weighted by Gasteiger charge is 2.43. The molecule has 130 valence electrons. The lowest BCUT2D eigenvalue weighted by molar-refractivity contribution is 0.505. The zero-order valence-electron chi connectivity index (χ0n) is 13.8. The first-order valence-corrected chi connectivity index (χ1v) is 10.3. The second-order valence-electron chi connectivity index (χ2n) is 6.52. The molecule has 2 aliphatic heterocycles. The second-order valence-corrected chi connectivity index (χ2v) is 8.65. The van der Waals surface area contributed by atoms with Crippen LogP contribution >= 0.6 is 11.6 Å². The van der Waals surface area contributed by atoms with Gasteiger partial charge in [0.15, 0.2) is 0 Å². The summed E-state index contributed by atoms with van der Waals surface area (Å²) in [5, 5.41) is 7.92. The predicted molar refractivity (Wildman–Crippen MR) is 105 cm³/mol. The van der Waals surface area contributed by atoms with Crippen molar-refractivity contribution in [1.82, 2.24) is 5.32 Å². The highest BCUT2D eigenvalue weighted by atomic mass is 35.5. The molecule has 6 heteroatoms. The van der Waals surface area contributed by atoms with Crippen LogP contribution in [0.15, 0.2) is 53.5 Å². The molecular formula is C19H20ClN3OS. The molecule has 2 aliphatic rings. The third kappa shape index (κ3) is 3.50. The SMILES string of the molecule is [O-][S+]1CCC2(CC1)Nc1ccccc1N=C2NCc1cccc(Cl)c1. The Hall–Kier alpha value is -1.69. The number of hydrogen-bond acceptors (Lipinski definition) is 4. The summed E-state index contributed by atoms with van der Waals surface area (Å²) in [6.45, 7) is 0.661. The number of benzene rings is 2. The maximum atomic E-state index is 11.9. The third-order valence-corrected chi connectivity index (χ3v) is 6.38. The highest BCUT2D eigenvalue weighted by Crippen LogP contribution is 2.38. The number of para-hydroxylation sites is 2. The van der Waals surface area contributed by atoms with Gasteiger partial charge in [-0.2, -0.15) is 0 Å². The summed E-state index contributed by atoms with van der Waals surface area (Å²) in [5.74, 6) is 2.34. The van der Waals surface area contributed by atoms with Gasteiger partial charge in [0.25, 0.3) is 0 Å². The maximum Gasteiger partial charge on any atom is 0.129 e. The molecular weight excluding hydrogens is 354 g/mol. The van der Waals surface area contributed by atoms with Crippen molar-refractivity contribution in [2.75, 3.05) is 16.8 Å². The number of nitrogens with one attached hydrogen (secondary N) is 2. The summed E-state index contributed by atoms with van der Waals surface area (Å²) in [4.78, 5) is 4.90. The first-order valence-electron chi connectivity index (χ1n) is 8.44. The molecule has 0 unspecified atom stereocenters. The van der Waals surface area contributed by atoms with Crippen molar-refractivity contribution < 1.29 is 4.55 Å². The number of hydrogen-bond donors (Lipinski definition) is 2. The Morgan fingerprint density at radius 3 is 2.76 bits per heavy atom. The average Bonchev–Trinajstić information content (AvgIpc) is 2.62. The summed E-state index contributed by atoms with van der Waals surface area (Å²) in [6, 6.07) is 15.9. The lowest BCUT2D eigenvalue weighted by Gasteiger charge is -2.42. The van der Waals surface area contributed by atoms with Crippen molar-refractivity contribution >= 4 is 40.0 Å². The number of amidine groups is 1. The Morgan fingerprint density at radius 1 is 1.16 bits per heavy atom. The minimum absolute atomic E-state index is 0.263. The summed E-state index contributed by atoms with van der Waals surface area (Å²) in [6.07, 6.45) is 1.63. The topological polar surface area (TPSA) is 59.5 Å². The zero-order valence-corrected chi connectivity index (χ0v) is 15.4. The van der Waals surface area contributed by atoms with Crippen LogP contribution in [0.2, 0.25) is 5.02 Å². The van der Waals surface area contributed by atoms with Gasteiger partial charge in [-0.1, -0.05) is 47.0 Å². The van der Waals surface area contributed by atoms with E-state index in [0.29, 0.717) is 18.1 Å². The molecule has 2 N–H and O–H groups in total. The lowest BCUT2D eigenvalue weighted by Crippen LogP contribution is -2.57. The van der Waals surface area contributed by atoms with E-state index < -0.39 is 11.2 Å². The molecule has 2 aromatic carbocycles. The zero-order chi connectivity index (χ0) is 17.3. The van der Waals surface area contributed by atoms with E-state index in [0.717, 1.165) is 40.6 Å². The molecule has 2 aromatic rings. The van der Waals surface area contributed by atoms with Crippen LogP contribution in [0.5, 0.6) is 0 Å². The first-order chi connectivity index (χ1) is 12.1. The molecule has 0 aromatic heterocycles. The lowest BCUT2D eigenvalue weighted by atomic mass is 9.88. The van der Waals surface area contributed by atoms with E-state index in [1.54, 1.807) is 0 Å². The van der Waals surface area contributed by atoms with Gasteiger partial charge in [0.1, 0.15) is 22.9 Å². The van der Waals surface area contributed by atoms with E-state index in [2.05, 4.69) is 16.7 Å². The fraction of sp³-hybridized carbons (Fsp3) is 0.316. The highest BCUT2D eigenvalue weighted by molar-refractivity contribution is 7.91. The molecule has 2 heterocycles. The smallest absolute Gasteiger partial charge is 0.129 e. The number of anilines is 1. The molecule has 0 amide bonds. The number of nitrogens with zero attached hydrogens (tertiary/aromatic N) is 1. The number of halogens is 1. The number of fused-ring (bicyclic) bond motifs is 1. The van der Waals surface area contributed by atoms with Crippen LogP contribution in [0.25, 0.3) is 0 Å². The molecule has 1 spiro atoms. The predicted octanol–water partition coefficient (Wildman–Crippen LogP) is 3.87. The molecule has 1 saturated heterocycles. The van der Waals surface area contributed by atoms with E-state index in [9.17, 15) is 4.55 Å². The van der Waals surface area contributed by atoms with Gasteiger partial charge in [-0.25, -0.2) is 4.99 Å². The molecule has 25 heavy (non-hydrogen) atoms. The van der Waals surface area contributed by atoms with Gasteiger partial charge in [-0.05, 0) is 29.8 Å². The first kappa shape index (κ1) is 16.8. The molecule has 0 bridgehead atoms. The van der Waals surface area contributed by atoms with Crippen molar-refractivity contribution in [1.29, 1.82) is 0 Å². The summed E-state index contributed by atoms with van der Waals surface area (Å²) >= 11 is 5.36. The monoisotopic (exact) mass is 373 g/mol. The van der Waals surface area contributed by atoms with Gasteiger partial charge < -0.3 is 15.2 Å². The van der Waals surface area contributed by atoms with Crippen molar-refractivity contribution in [3.05, 3.63) is 59.1 Å². The quantitative estimate of drug-likeness (QED) is 0.785. The van der Waals surface area contributed by atoms with Crippen LogP contribution in [0.3, 0.4) is 0 Å². The van der Waals surface area contributed by atoms with E-state index >= 15 is 0 Å². The van der Waals surface area contributed by atoms with Gasteiger partial charge in [0, 0.05) is 24.4 Å². The van der Waals surface area contributed by atoms with Crippen LogP contribution in [0.4, 0.5) is 11.4 Å². The third-order valence-electron chi connectivity index (χ3n) is 4.83. The molecule has 0 saturated carbocycles. The Bertz CT molecular complexity index is 803. The Balaban J connectivity index is 1.62. The number of aliphatic imine (C=N–C) groups is 1. The largest absolute Gasteiger partial charge is 0.616 e. The van der Waals surface area contributed by atoms with Gasteiger partial charge in [0.2, 0.25) is 0 Å². The fourth-order valence-corrected chi connectivity index (χ4v) is 5.00. The maximum absolute atomic E-state index is 11.9. The fourth-order valence-electron chi connectivity index (χ4n) is 3.43. The van der Waals surface area contributed by atoms with Gasteiger partial charge in [-0.15, -0.1) is 0 Å². The minimum atomic E-state index is -0.724. The minimum Gasteiger partial charge on any atom is -0.616 e. The van der Waals surface area contributed by atoms with Crippen LogP contribution in [-0.4, -0.2) is 27.4 Å². The molecule has 0 atom stereocenters. The van der Waals surface area contributed by atoms with Gasteiger partial charge in [0.05, 0.1) is 11.4 Å². The van der Waals surface area contributed by atoms with Gasteiger partial charge in [-0.3, -0.25) is 0 Å². The summed E-state index contributed by atoms with van der Waals surface area (Å²) < 4.78 is 11.9. The van der Waals surface area contributed by atoms with Crippen molar-refractivity contribution in [2.45, 2.75) is 24.9 Å². The average molecular weight is 374 g/mol. The standard InChI is InChI=1S/C19H20ClN3OS/c20-15-5-3-4-14(12-15)13-21-18-19(8-10-25(24)11-9-19)23-17-7-2-1-6-16(17)22-18/h1-7,12,23H,8-11,13H2,(H,21,22). The van der Waals surface area contributed by atoms with Crippen molar-refractivity contribution in [2.24, 2.45) is 4.99 Å². The van der Waals surface area contributed by atoms with Crippen LogP contribution in [0.1, 0.15) is 18.4 Å². The summed E-state index contributed by atoms with van der Waals surface area (Å²) in [5.41, 5.74) is 2.83. The van der Waals surface area contributed by atoms with E-state index in [1.807, 2.05) is 42.5 Å². The van der Waals surface area contributed by atoms with Gasteiger partial charge >= 0.3 is 0 Å². The molecule has 0 radical (unpaired) electrons. The Labute approximate surface area is 155 Å². The van der Waals surface area contributed by atoms with Crippen LogP contribution in [0, 0.1) is 0 Å². The molecule has 4 rings (SSSR count).